The van der Waals surface area contributed by atoms with Crippen molar-refractivity contribution in [3.63, 3.8) is 0 Å². The van der Waals surface area contributed by atoms with Crippen LogP contribution in [0.15, 0.2) is 34.9 Å². The Labute approximate surface area is 142 Å². The number of nitrogens with zero attached hydrogens (tertiary/aromatic N) is 2. The first kappa shape index (κ1) is 16.5. The van der Waals surface area contributed by atoms with Crippen LogP contribution in [0.4, 0.5) is 0 Å². The molecular weight excluding hydrogens is 310 g/mol. The van der Waals surface area contributed by atoms with E-state index in [0.717, 1.165) is 49.8 Å². The van der Waals surface area contributed by atoms with Crippen molar-refractivity contribution in [2.45, 2.75) is 38.8 Å². The van der Waals surface area contributed by atoms with Gasteiger partial charge < -0.3 is 9.73 Å². The predicted octanol–water partition coefficient (Wildman–Crippen LogP) is 3.96. The Kier molecular flexibility index (Phi) is 5.70. The normalized spacial score (nSPS) is 16.1. The molecule has 1 saturated heterocycles. The van der Waals surface area contributed by atoms with E-state index in [2.05, 4.69) is 22.1 Å². The van der Waals surface area contributed by atoms with Gasteiger partial charge in [0.25, 0.3) is 0 Å². The molecule has 1 fully saturated rings. The van der Waals surface area contributed by atoms with Crippen molar-refractivity contribution >= 4 is 11.6 Å². The first-order valence-electron chi connectivity index (χ1n) is 8.41. The highest BCUT2D eigenvalue weighted by Gasteiger charge is 2.22. The molecule has 0 radical (unpaired) electrons. The molecule has 1 aliphatic heterocycles. The van der Waals surface area contributed by atoms with Crippen molar-refractivity contribution in [1.82, 2.24) is 15.2 Å². The van der Waals surface area contributed by atoms with Crippen LogP contribution >= 0.6 is 11.6 Å². The number of hydrogen-bond donors (Lipinski definition) is 1. The molecule has 23 heavy (non-hydrogen) atoms. The van der Waals surface area contributed by atoms with Crippen LogP contribution in [0.5, 0.6) is 0 Å². The average molecular weight is 334 g/mol. The molecule has 0 atom stereocenters. The van der Waals surface area contributed by atoms with Gasteiger partial charge in [-0.05, 0) is 51.0 Å². The van der Waals surface area contributed by atoms with Crippen LogP contribution in [0.2, 0.25) is 5.02 Å². The monoisotopic (exact) mass is 333 g/mol. The van der Waals surface area contributed by atoms with E-state index in [-0.39, 0.29) is 0 Å². The maximum absolute atomic E-state index is 6.05. The topological polar surface area (TPSA) is 41.3 Å². The summed E-state index contributed by atoms with van der Waals surface area (Å²) in [4.78, 5) is 6.98. The van der Waals surface area contributed by atoms with E-state index in [9.17, 15) is 0 Å². The molecule has 1 aliphatic rings. The van der Waals surface area contributed by atoms with E-state index in [4.69, 9.17) is 16.0 Å². The lowest BCUT2D eigenvalue weighted by Gasteiger charge is -2.33. The van der Waals surface area contributed by atoms with Crippen LogP contribution < -0.4 is 5.32 Å². The summed E-state index contributed by atoms with van der Waals surface area (Å²) in [7, 11) is 0. The lowest BCUT2D eigenvalue weighted by Crippen LogP contribution is -2.43. The predicted molar refractivity (Wildman–Crippen MR) is 93.5 cm³/mol. The van der Waals surface area contributed by atoms with E-state index < -0.39 is 0 Å². The van der Waals surface area contributed by atoms with Gasteiger partial charge in [0.05, 0.1) is 12.7 Å². The number of halogens is 1. The molecule has 4 nitrogen and oxygen atoms in total. The van der Waals surface area contributed by atoms with Crippen molar-refractivity contribution in [2.75, 3.05) is 19.6 Å². The van der Waals surface area contributed by atoms with Gasteiger partial charge in [0.1, 0.15) is 0 Å². The highest BCUT2D eigenvalue weighted by Crippen LogP contribution is 2.24. The van der Waals surface area contributed by atoms with Gasteiger partial charge in [0, 0.05) is 16.6 Å². The minimum Gasteiger partial charge on any atom is -0.439 e. The summed E-state index contributed by atoms with van der Waals surface area (Å²) in [5, 5.41) is 4.14. The fourth-order valence-corrected chi connectivity index (χ4v) is 3.37. The summed E-state index contributed by atoms with van der Waals surface area (Å²) in [5.74, 6) is 1.57. The number of benzene rings is 1. The molecule has 0 amide bonds. The minimum absolute atomic E-state index is 0.623. The van der Waals surface area contributed by atoms with Crippen LogP contribution in [0.1, 0.15) is 32.1 Å². The fraction of sp³-hybridized carbons (Fsp3) is 0.500. The van der Waals surface area contributed by atoms with Gasteiger partial charge in [0.2, 0.25) is 5.89 Å². The Hall–Kier alpha value is -1.36. The molecule has 2 aromatic rings. The summed E-state index contributed by atoms with van der Waals surface area (Å²) in [6, 6.07) is 8.31. The average Bonchev–Trinajstić information content (AvgIpc) is 3.04. The Bertz CT molecular complexity index is 622. The quantitative estimate of drug-likeness (QED) is 0.868. The summed E-state index contributed by atoms with van der Waals surface area (Å²) in [6.45, 7) is 6.29. The Morgan fingerprint density at radius 3 is 2.91 bits per heavy atom. The van der Waals surface area contributed by atoms with E-state index >= 15 is 0 Å². The Balaban J connectivity index is 1.71. The molecule has 2 heterocycles. The first-order chi connectivity index (χ1) is 11.3. The Morgan fingerprint density at radius 1 is 1.35 bits per heavy atom. The van der Waals surface area contributed by atoms with Gasteiger partial charge in [0.15, 0.2) is 5.76 Å². The molecule has 3 rings (SSSR count). The number of rotatable bonds is 6. The van der Waals surface area contributed by atoms with Crippen molar-refractivity contribution in [2.24, 2.45) is 0 Å². The number of aromatic nitrogens is 1. The molecule has 1 aromatic heterocycles. The zero-order chi connectivity index (χ0) is 16.1. The third-order valence-corrected chi connectivity index (χ3v) is 4.57. The largest absolute Gasteiger partial charge is 0.439 e. The smallest absolute Gasteiger partial charge is 0.209 e. The summed E-state index contributed by atoms with van der Waals surface area (Å²) in [6.07, 6.45) is 5.34. The molecule has 0 unspecified atom stereocenters. The van der Waals surface area contributed by atoms with Gasteiger partial charge in [-0.2, -0.15) is 0 Å². The molecule has 1 N–H and O–H groups in total. The second-order valence-electron chi connectivity index (χ2n) is 6.08. The van der Waals surface area contributed by atoms with Crippen LogP contribution in [-0.4, -0.2) is 35.6 Å². The summed E-state index contributed by atoms with van der Waals surface area (Å²) in [5.41, 5.74) is 0.972. The highest BCUT2D eigenvalue weighted by molar-refractivity contribution is 6.30. The maximum Gasteiger partial charge on any atom is 0.209 e. The van der Waals surface area contributed by atoms with Gasteiger partial charge >= 0.3 is 0 Å². The standard InChI is InChI=1S/C18H24ClN3O/c1-2-10-22(16-6-8-20-9-7-16)13-18-21-12-17(23-18)14-4-3-5-15(19)11-14/h3-5,11-12,16,20H,2,6-10,13H2,1H3. The van der Waals surface area contributed by atoms with Crippen molar-refractivity contribution in [3.8, 4) is 11.3 Å². The van der Waals surface area contributed by atoms with Crippen LogP contribution in [-0.2, 0) is 6.54 Å². The van der Waals surface area contributed by atoms with Crippen molar-refractivity contribution in [3.05, 3.63) is 41.4 Å². The third kappa shape index (κ3) is 4.34. The summed E-state index contributed by atoms with van der Waals surface area (Å²) < 4.78 is 5.97. The zero-order valence-corrected chi connectivity index (χ0v) is 14.4. The van der Waals surface area contributed by atoms with E-state index in [1.54, 1.807) is 6.20 Å². The molecule has 0 bridgehead atoms. The van der Waals surface area contributed by atoms with Crippen LogP contribution in [0.3, 0.4) is 0 Å². The number of hydrogen-bond acceptors (Lipinski definition) is 4. The highest BCUT2D eigenvalue weighted by atomic mass is 35.5. The third-order valence-electron chi connectivity index (χ3n) is 4.34. The van der Waals surface area contributed by atoms with E-state index in [0.29, 0.717) is 11.1 Å². The van der Waals surface area contributed by atoms with Crippen molar-refractivity contribution < 1.29 is 4.42 Å². The van der Waals surface area contributed by atoms with Gasteiger partial charge in [-0.15, -0.1) is 0 Å². The van der Waals surface area contributed by atoms with Gasteiger partial charge in [-0.25, -0.2) is 4.98 Å². The molecule has 0 spiro atoms. The maximum atomic E-state index is 6.05. The molecule has 0 saturated carbocycles. The molecule has 0 aliphatic carbocycles. The number of nitrogens with one attached hydrogen (secondary N) is 1. The van der Waals surface area contributed by atoms with Gasteiger partial charge in [-0.1, -0.05) is 30.7 Å². The molecule has 5 heteroatoms. The van der Waals surface area contributed by atoms with E-state index in [1.165, 1.54) is 12.8 Å². The number of oxazole rings is 1. The zero-order valence-electron chi connectivity index (χ0n) is 13.6. The minimum atomic E-state index is 0.623. The SMILES string of the molecule is CCCN(Cc1ncc(-c2cccc(Cl)c2)o1)C1CCNCC1. The van der Waals surface area contributed by atoms with Crippen molar-refractivity contribution in [1.29, 1.82) is 0 Å². The lowest BCUT2D eigenvalue weighted by atomic mass is 10.0. The number of piperidine rings is 1. The van der Waals surface area contributed by atoms with Crippen LogP contribution in [0.25, 0.3) is 11.3 Å². The molecular formula is C18H24ClN3O. The fourth-order valence-electron chi connectivity index (χ4n) is 3.18. The first-order valence-corrected chi connectivity index (χ1v) is 8.79. The summed E-state index contributed by atoms with van der Waals surface area (Å²) >= 11 is 6.05. The van der Waals surface area contributed by atoms with Crippen LogP contribution in [0, 0.1) is 0 Å². The lowest BCUT2D eigenvalue weighted by molar-refractivity contribution is 0.141. The molecule has 1 aromatic carbocycles. The van der Waals surface area contributed by atoms with Gasteiger partial charge in [-0.3, -0.25) is 4.90 Å². The second kappa shape index (κ2) is 7.95. The Morgan fingerprint density at radius 2 is 2.17 bits per heavy atom. The second-order valence-corrected chi connectivity index (χ2v) is 6.52. The van der Waals surface area contributed by atoms with E-state index in [1.807, 2.05) is 24.3 Å². The molecule has 124 valence electrons.